The average Bonchev–Trinajstić information content (AvgIpc) is 3.41. The first kappa shape index (κ1) is 23.1. The van der Waals surface area contributed by atoms with Crippen LogP contribution in [0.5, 0.6) is 5.75 Å². The molecule has 0 saturated carbocycles. The predicted molar refractivity (Wildman–Crippen MR) is 138 cm³/mol. The number of rotatable bonds is 5. The van der Waals surface area contributed by atoms with Gasteiger partial charge in [-0.05, 0) is 66.1 Å². The van der Waals surface area contributed by atoms with Crippen LogP contribution in [0.1, 0.15) is 29.7 Å². The average molecular weight is 505 g/mol. The molecule has 1 aliphatic rings. The topological polar surface area (TPSA) is 79.7 Å². The molecule has 6 nitrogen and oxygen atoms in total. The highest BCUT2D eigenvalue weighted by Crippen LogP contribution is 2.44. The number of aliphatic hydroxyl groups excluding tert-OH is 1. The summed E-state index contributed by atoms with van der Waals surface area (Å²) in [6.45, 7) is 2.07. The van der Waals surface area contributed by atoms with Crippen molar-refractivity contribution in [2.45, 2.75) is 19.4 Å². The fraction of sp³-hybridized carbons (Fsp3) is 0.148. The van der Waals surface area contributed by atoms with Crippen molar-refractivity contribution < 1.29 is 19.4 Å². The van der Waals surface area contributed by atoms with Crippen LogP contribution in [0.2, 0.25) is 5.02 Å². The molecule has 0 unspecified atom stereocenters. The Morgan fingerprint density at radius 3 is 2.57 bits per heavy atom. The molecule has 35 heavy (non-hydrogen) atoms. The number of aryl methyl sites for hydroxylation is 1. The van der Waals surface area contributed by atoms with Gasteiger partial charge in [0.15, 0.2) is 5.13 Å². The number of ether oxygens (including phenoxy) is 1. The second-order valence-electron chi connectivity index (χ2n) is 8.10. The molecule has 0 aliphatic carbocycles. The number of amides is 1. The van der Waals surface area contributed by atoms with E-state index < -0.39 is 17.7 Å². The standard InChI is InChI=1S/C27H21ClN2O4S/c1-3-15-7-12-20-21(13-15)35-27(29-20)30-23(17-5-4-6-18(28)14-17)22(25(32)26(30)33)24(31)16-8-10-19(34-2)11-9-16/h4-14,23,31H,3H2,1-2H3/t23-/m0/s1. The second-order valence-corrected chi connectivity index (χ2v) is 9.55. The summed E-state index contributed by atoms with van der Waals surface area (Å²) >= 11 is 7.61. The van der Waals surface area contributed by atoms with Gasteiger partial charge in [0.25, 0.3) is 5.78 Å². The summed E-state index contributed by atoms with van der Waals surface area (Å²) in [4.78, 5) is 32.7. The van der Waals surface area contributed by atoms with Crippen molar-refractivity contribution >= 4 is 55.7 Å². The van der Waals surface area contributed by atoms with E-state index in [2.05, 4.69) is 11.9 Å². The number of halogens is 1. The molecule has 1 saturated heterocycles. The highest BCUT2D eigenvalue weighted by molar-refractivity contribution is 7.22. The molecule has 5 rings (SSSR count). The van der Waals surface area contributed by atoms with Gasteiger partial charge in [0.1, 0.15) is 11.5 Å². The molecule has 176 valence electrons. The van der Waals surface area contributed by atoms with Crippen molar-refractivity contribution in [3.8, 4) is 5.75 Å². The first-order chi connectivity index (χ1) is 16.9. The van der Waals surface area contributed by atoms with Gasteiger partial charge in [-0.1, -0.05) is 48.1 Å². The van der Waals surface area contributed by atoms with E-state index in [1.54, 1.807) is 55.6 Å². The van der Waals surface area contributed by atoms with Crippen LogP contribution in [-0.4, -0.2) is 28.9 Å². The number of nitrogens with zero attached hydrogens (tertiary/aromatic N) is 2. The van der Waals surface area contributed by atoms with Crippen molar-refractivity contribution in [1.29, 1.82) is 0 Å². The molecule has 1 atom stereocenters. The first-order valence-corrected chi connectivity index (χ1v) is 12.2. The fourth-order valence-electron chi connectivity index (χ4n) is 4.21. The number of carbonyl (C=O) groups excluding carboxylic acids is 2. The summed E-state index contributed by atoms with van der Waals surface area (Å²) in [5.74, 6) is -1.20. The lowest BCUT2D eigenvalue weighted by Gasteiger charge is -2.23. The zero-order chi connectivity index (χ0) is 24.7. The molecular weight excluding hydrogens is 484 g/mol. The number of benzene rings is 3. The number of fused-ring (bicyclic) bond motifs is 1. The van der Waals surface area contributed by atoms with Crippen LogP contribution in [0.25, 0.3) is 16.0 Å². The Morgan fingerprint density at radius 2 is 1.89 bits per heavy atom. The Balaban J connectivity index is 1.70. The minimum Gasteiger partial charge on any atom is -0.507 e. The summed E-state index contributed by atoms with van der Waals surface area (Å²) in [6, 6.07) is 18.6. The van der Waals surface area contributed by atoms with Crippen molar-refractivity contribution in [1.82, 2.24) is 4.98 Å². The van der Waals surface area contributed by atoms with Crippen molar-refractivity contribution in [2.24, 2.45) is 0 Å². The van der Waals surface area contributed by atoms with E-state index in [-0.39, 0.29) is 11.3 Å². The highest BCUT2D eigenvalue weighted by atomic mass is 35.5. The third-order valence-corrected chi connectivity index (χ3v) is 7.28. The van der Waals surface area contributed by atoms with Gasteiger partial charge in [0, 0.05) is 10.6 Å². The van der Waals surface area contributed by atoms with E-state index in [4.69, 9.17) is 16.3 Å². The SMILES string of the molecule is CCc1ccc2nc(N3C(=O)C(=O)C(=C(O)c4ccc(OC)cc4)[C@@H]3c3cccc(Cl)c3)sc2c1. The zero-order valence-electron chi connectivity index (χ0n) is 19.0. The lowest BCUT2D eigenvalue weighted by molar-refractivity contribution is -0.132. The summed E-state index contributed by atoms with van der Waals surface area (Å²) in [6.07, 6.45) is 0.873. The number of Topliss-reactive ketones (excluding diaryl/α,β-unsaturated/α-hetero) is 1. The molecule has 4 aromatic rings. The number of hydrogen-bond donors (Lipinski definition) is 1. The maximum atomic E-state index is 13.4. The van der Waals surface area contributed by atoms with Crippen LogP contribution < -0.4 is 9.64 Å². The summed E-state index contributed by atoms with van der Waals surface area (Å²) in [5, 5.41) is 12.1. The maximum absolute atomic E-state index is 13.4. The Morgan fingerprint density at radius 1 is 1.11 bits per heavy atom. The number of carbonyl (C=O) groups is 2. The molecule has 1 N–H and O–H groups in total. The second kappa shape index (κ2) is 9.17. The van der Waals surface area contributed by atoms with Crippen LogP contribution in [0.3, 0.4) is 0 Å². The molecule has 0 spiro atoms. The van der Waals surface area contributed by atoms with E-state index in [0.717, 1.165) is 22.2 Å². The van der Waals surface area contributed by atoms with Gasteiger partial charge in [-0.25, -0.2) is 4.98 Å². The Bertz CT molecular complexity index is 1490. The zero-order valence-corrected chi connectivity index (χ0v) is 20.6. The minimum atomic E-state index is -0.887. The van der Waals surface area contributed by atoms with E-state index in [0.29, 0.717) is 27.0 Å². The predicted octanol–water partition coefficient (Wildman–Crippen LogP) is 6.15. The molecular formula is C27H21ClN2O4S. The smallest absolute Gasteiger partial charge is 0.301 e. The van der Waals surface area contributed by atoms with Gasteiger partial charge < -0.3 is 9.84 Å². The third-order valence-electron chi connectivity index (χ3n) is 6.03. The maximum Gasteiger partial charge on any atom is 0.301 e. The number of anilines is 1. The molecule has 1 aliphatic heterocycles. The number of thiazole rings is 1. The number of methoxy groups -OCH3 is 1. The molecule has 8 heteroatoms. The van der Waals surface area contributed by atoms with Crippen LogP contribution in [-0.2, 0) is 16.0 Å². The lowest BCUT2D eigenvalue weighted by Crippen LogP contribution is -2.29. The van der Waals surface area contributed by atoms with Gasteiger partial charge in [-0.15, -0.1) is 0 Å². The lowest BCUT2D eigenvalue weighted by atomic mass is 9.95. The Labute approximate surface area is 211 Å². The number of hydrogen-bond acceptors (Lipinski definition) is 6. The number of aromatic nitrogens is 1. The van der Waals surface area contributed by atoms with Crippen molar-refractivity contribution in [3.05, 3.63) is 94.0 Å². The normalized spacial score (nSPS) is 17.3. The van der Waals surface area contributed by atoms with Gasteiger partial charge in [-0.3, -0.25) is 14.5 Å². The van der Waals surface area contributed by atoms with E-state index >= 15 is 0 Å². The summed E-state index contributed by atoms with van der Waals surface area (Å²) in [7, 11) is 1.54. The molecule has 2 heterocycles. The van der Waals surface area contributed by atoms with E-state index in [1.807, 2.05) is 18.2 Å². The van der Waals surface area contributed by atoms with E-state index in [9.17, 15) is 14.7 Å². The monoisotopic (exact) mass is 504 g/mol. The number of ketones is 1. The first-order valence-electron chi connectivity index (χ1n) is 11.0. The molecule has 1 amide bonds. The summed E-state index contributed by atoms with van der Waals surface area (Å²) < 4.78 is 6.11. The molecule has 0 bridgehead atoms. The molecule has 3 aromatic carbocycles. The Hall–Kier alpha value is -3.68. The van der Waals surface area contributed by atoms with Crippen LogP contribution in [0, 0.1) is 0 Å². The van der Waals surface area contributed by atoms with Crippen LogP contribution in [0.4, 0.5) is 5.13 Å². The van der Waals surface area contributed by atoms with Crippen molar-refractivity contribution in [3.63, 3.8) is 0 Å². The van der Waals surface area contributed by atoms with E-state index in [1.165, 1.54) is 16.2 Å². The van der Waals surface area contributed by atoms with Gasteiger partial charge >= 0.3 is 5.91 Å². The highest BCUT2D eigenvalue weighted by Gasteiger charge is 2.48. The van der Waals surface area contributed by atoms with Gasteiger partial charge in [-0.2, -0.15) is 0 Å². The molecule has 1 fully saturated rings. The number of aliphatic hydroxyl groups is 1. The molecule has 0 radical (unpaired) electrons. The minimum absolute atomic E-state index is 0.0177. The Kier molecular flexibility index (Phi) is 6.05. The van der Waals surface area contributed by atoms with Crippen LogP contribution in [0.15, 0.2) is 72.3 Å². The van der Waals surface area contributed by atoms with Crippen LogP contribution >= 0.6 is 22.9 Å². The van der Waals surface area contributed by atoms with Gasteiger partial charge in [0.05, 0.1) is 28.9 Å². The van der Waals surface area contributed by atoms with Crippen molar-refractivity contribution in [2.75, 3.05) is 12.0 Å². The van der Waals surface area contributed by atoms with Gasteiger partial charge in [0.2, 0.25) is 0 Å². The fourth-order valence-corrected chi connectivity index (χ4v) is 5.46. The largest absolute Gasteiger partial charge is 0.507 e. The molecule has 1 aromatic heterocycles. The third kappa shape index (κ3) is 4.07. The summed E-state index contributed by atoms with van der Waals surface area (Å²) in [5.41, 5.74) is 2.87. The quantitative estimate of drug-likeness (QED) is 0.200.